The van der Waals surface area contributed by atoms with Gasteiger partial charge in [0.2, 0.25) is 0 Å². The van der Waals surface area contributed by atoms with E-state index >= 15 is 0 Å². The van der Waals surface area contributed by atoms with Crippen molar-refractivity contribution in [3.05, 3.63) is 27.1 Å². The molecule has 1 amide bonds. The van der Waals surface area contributed by atoms with Gasteiger partial charge in [-0.25, -0.2) is 0 Å². The summed E-state index contributed by atoms with van der Waals surface area (Å²) in [7, 11) is 0. The Morgan fingerprint density at radius 1 is 1.55 bits per heavy atom. The highest BCUT2D eigenvalue weighted by Crippen LogP contribution is 2.26. The summed E-state index contributed by atoms with van der Waals surface area (Å²) in [5.74, 6) is -1.17. The van der Waals surface area contributed by atoms with Crippen LogP contribution in [0.15, 0.2) is 11.4 Å². The molecule has 1 N–H and O–H groups in total. The SMILES string of the molecule is O=C(O)CC1CCCN(C(=O)c2csc([N+](=O)[O-])c2)C1. The first-order chi connectivity index (χ1) is 9.47. The molecule has 1 aromatic heterocycles. The van der Waals surface area contributed by atoms with Gasteiger partial charge < -0.3 is 10.0 Å². The van der Waals surface area contributed by atoms with Crippen molar-refractivity contribution in [2.75, 3.05) is 13.1 Å². The highest BCUT2D eigenvalue weighted by Gasteiger charge is 2.27. The minimum absolute atomic E-state index is 0.0428. The molecule has 1 fully saturated rings. The zero-order valence-electron chi connectivity index (χ0n) is 10.7. The van der Waals surface area contributed by atoms with Crippen LogP contribution in [0.25, 0.3) is 0 Å². The maximum absolute atomic E-state index is 12.2. The van der Waals surface area contributed by atoms with E-state index < -0.39 is 10.9 Å². The summed E-state index contributed by atoms with van der Waals surface area (Å²) in [4.78, 5) is 34.6. The zero-order chi connectivity index (χ0) is 14.7. The number of hydrogen-bond donors (Lipinski definition) is 1. The second kappa shape index (κ2) is 6.00. The van der Waals surface area contributed by atoms with Crippen LogP contribution >= 0.6 is 11.3 Å². The van der Waals surface area contributed by atoms with Crippen LogP contribution in [0.5, 0.6) is 0 Å². The van der Waals surface area contributed by atoms with Crippen LogP contribution < -0.4 is 0 Å². The molecule has 20 heavy (non-hydrogen) atoms. The molecule has 0 radical (unpaired) electrons. The van der Waals surface area contributed by atoms with Crippen molar-refractivity contribution in [3.63, 3.8) is 0 Å². The Bertz CT molecular complexity index is 542. The van der Waals surface area contributed by atoms with E-state index in [-0.39, 0.29) is 23.2 Å². The highest BCUT2D eigenvalue weighted by molar-refractivity contribution is 7.13. The summed E-state index contributed by atoms with van der Waals surface area (Å²) in [6.45, 7) is 0.966. The fraction of sp³-hybridized carbons (Fsp3) is 0.500. The molecule has 108 valence electrons. The molecule has 7 nitrogen and oxygen atoms in total. The molecule has 0 saturated carbocycles. The predicted octanol–water partition coefficient (Wildman–Crippen LogP) is 1.98. The number of rotatable bonds is 4. The Hall–Kier alpha value is -1.96. The molecule has 1 saturated heterocycles. The van der Waals surface area contributed by atoms with Gasteiger partial charge in [0.05, 0.1) is 10.5 Å². The topological polar surface area (TPSA) is 101 Å². The van der Waals surface area contributed by atoms with Gasteiger partial charge in [-0.05, 0) is 18.8 Å². The van der Waals surface area contributed by atoms with Crippen molar-refractivity contribution < 1.29 is 19.6 Å². The lowest BCUT2D eigenvalue weighted by molar-refractivity contribution is -0.380. The first-order valence-electron chi connectivity index (χ1n) is 6.21. The molecule has 0 aromatic carbocycles. The molecule has 0 spiro atoms. The summed E-state index contributed by atoms with van der Waals surface area (Å²) in [5, 5.41) is 20.8. The monoisotopic (exact) mass is 298 g/mol. The van der Waals surface area contributed by atoms with Crippen molar-refractivity contribution in [1.29, 1.82) is 0 Å². The fourth-order valence-electron chi connectivity index (χ4n) is 2.38. The Labute approximate surface area is 119 Å². The highest BCUT2D eigenvalue weighted by atomic mass is 32.1. The van der Waals surface area contributed by atoms with Gasteiger partial charge in [-0.1, -0.05) is 11.3 Å². The molecule has 2 heterocycles. The van der Waals surface area contributed by atoms with Crippen LogP contribution in [0, 0.1) is 16.0 Å². The predicted molar refractivity (Wildman–Crippen MR) is 71.9 cm³/mol. The van der Waals surface area contributed by atoms with Crippen molar-refractivity contribution in [1.82, 2.24) is 4.90 Å². The van der Waals surface area contributed by atoms with Gasteiger partial charge in [-0.15, -0.1) is 0 Å². The molecule has 8 heteroatoms. The normalized spacial score (nSPS) is 18.8. The van der Waals surface area contributed by atoms with Gasteiger partial charge in [0.1, 0.15) is 0 Å². The molecule has 1 atom stereocenters. The van der Waals surface area contributed by atoms with Crippen molar-refractivity contribution >= 4 is 28.2 Å². The molecular formula is C12H14N2O5S. The van der Waals surface area contributed by atoms with Gasteiger partial charge in [-0.3, -0.25) is 19.7 Å². The number of nitrogens with zero attached hydrogens (tertiary/aromatic N) is 2. The maximum Gasteiger partial charge on any atom is 0.324 e. The van der Waals surface area contributed by atoms with Gasteiger partial charge in [0.15, 0.2) is 0 Å². The second-order valence-corrected chi connectivity index (χ2v) is 5.68. The van der Waals surface area contributed by atoms with Crippen LogP contribution in [-0.2, 0) is 4.79 Å². The number of thiophene rings is 1. The lowest BCUT2D eigenvalue weighted by Crippen LogP contribution is -2.40. The summed E-state index contributed by atoms with van der Waals surface area (Å²) in [5.41, 5.74) is 0.303. The molecule has 1 aliphatic heterocycles. The largest absolute Gasteiger partial charge is 0.481 e. The van der Waals surface area contributed by atoms with E-state index in [2.05, 4.69) is 0 Å². The van der Waals surface area contributed by atoms with Crippen LogP contribution in [0.4, 0.5) is 5.00 Å². The van der Waals surface area contributed by atoms with E-state index in [1.54, 1.807) is 4.90 Å². The third kappa shape index (κ3) is 3.32. The third-order valence-electron chi connectivity index (χ3n) is 3.28. The van der Waals surface area contributed by atoms with Crippen molar-refractivity contribution in [2.24, 2.45) is 5.92 Å². The molecule has 1 unspecified atom stereocenters. The van der Waals surface area contributed by atoms with Gasteiger partial charge in [0, 0.05) is 31.0 Å². The zero-order valence-corrected chi connectivity index (χ0v) is 11.5. The van der Waals surface area contributed by atoms with Crippen molar-refractivity contribution in [2.45, 2.75) is 19.3 Å². The number of carboxylic acids is 1. The van der Waals surface area contributed by atoms with E-state index in [0.29, 0.717) is 18.7 Å². The molecule has 1 aliphatic rings. The van der Waals surface area contributed by atoms with Crippen molar-refractivity contribution in [3.8, 4) is 0 Å². The summed E-state index contributed by atoms with van der Waals surface area (Å²) in [6, 6.07) is 1.27. The first kappa shape index (κ1) is 14.4. The average Bonchev–Trinajstić information content (AvgIpc) is 2.87. The maximum atomic E-state index is 12.2. The second-order valence-electron chi connectivity index (χ2n) is 4.79. The third-order valence-corrected chi connectivity index (χ3v) is 4.16. The number of carboxylic acid groups (broad SMARTS) is 1. The summed E-state index contributed by atoms with van der Waals surface area (Å²) < 4.78 is 0. The Kier molecular flexibility index (Phi) is 4.33. The van der Waals surface area contributed by atoms with E-state index in [4.69, 9.17) is 5.11 Å². The van der Waals surface area contributed by atoms with E-state index in [1.807, 2.05) is 0 Å². The van der Waals surface area contributed by atoms with E-state index in [1.165, 1.54) is 11.4 Å². The quantitative estimate of drug-likeness (QED) is 0.676. The lowest BCUT2D eigenvalue weighted by atomic mass is 9.94. The van der Waals surface area contributed by atoms with Gasteiger partial charge in [0.25, 0.3) is 5.91 Å². The summed E-state index contributed by atoms with van der Waals surface area (Å²) in [6.07, 6.45) is 1.60. The van der Waals surface area contributed by atoms with Gasteiger partial charge in [-0.2, -0.15) is 0 Å². The van der Waals surface area contributed by atoms with Crippen LogP contribution in [0.1, 0.15) is 29.6 Å². The molecule has 2 rings (SSSR count). The average molecular weight is 298 g/mol. The van der Waals surface area contributed by atoms with Crippen LogP contribution in [0.2, 0.25) is 0 Å². The number of likely N-dealkylation sites (tertiary alicyclic amines) is 1. The number of amides is 1. The minimum atomic E-state index is -0.865. The fourth-order valence-corrected chi connectivity index (χ4v) is 3.08. The summed E-state index contributed by atoms with van der Waals surface area (Å²) >= 11 is 0.921. The number of nitro groups is 1. The van der Waals surface area contributed by atoms with Crippen LogP contribution in [-0.4, -0.2) is 39.9 Å². The number of piperidine rings is 1. The molecule has 0 aliphatic carbocycles. The number of hydrogen-bond acceptors (Lipinski definition) is 5. The minimum Gasteiger partial charge on any atom is -0.481 e. The Morgan fingerprint density at radius 3 is 2.90 bits per heavy atom. The molecule has 1 aromatic rings. The standard InChI is InChI=1S/C12H14N2O5S/c15-11(16)4-8-2-1-3-13(6-8)12(17)9-5-10(14(18)19)20-7-9/h5,7-8H,1-4,6H2,(H,15,16). The van der Waals surface area contributed by atoms with Gasteiger partial charge >= 0.3 is 11.0 Å². The first-order valence-corrected chi connectivity index (χ1v) is 7.09. The Balaban J connectivity index is 2.04. The van der Waals surface area contributed by atoms with Crippen LogP contribution in [0.3, 0.4) is 0 Å². The molecule has 0 bridgehead atoms. The smallest absolute Gasteiger partial charge is 0.324 e. The number of carbonyl (C=O) groups excluding carboxylic acids is 1. The lowest BCUT2D eigenvalue weighted by Gasteiger charge is -2.31. The molecular weight excluding hydrogens is 284 g/mol. The number of aliphatic carboxylic acids is 1. The number of carbonyl (C=O) groups is 2. The van der Waals surface area contributed by atoms with E-state index in [9.17, 15) is 19.7 Å². The Morgan fingerprint density at radius 2 is 2.30 bits per heavy atom. The van der Waals surface area contributed by atoms with E-state index in [0.717, 1.165) is 24.2 Å².